The van der Waals surface area contributed by atoms with Crippen LogP contribution in [0, 0.1) is 0 Å². The number of aliphatic hydroxyl groups excluding tert-OH is 1. The van der Waals surface area contributed by atoms with Crippen molar-refractivity contribution >= 4 is 0 Å². The first-order chi connectivity index (χ1) is 5.79. The maximum atomic E-state index is 8.95. The first-order valence-corrected chi connectivity index (χ1v) is 4.20. The normalized spacial score (nSPS) is 13.2. The molecule has 0 radical (unpaired) electrons. The van der Waals surface area contributed by atoms with Crippen LogP contribution < -0.4 is 5.32 Å². The van der Waals surface area contributed by atoms with Gasteiger partial charge in [0.2, 0.25) is 0 Å². The fraction of sp³-hybridized carbons (Fsp3) is 0.556. The molecule has 0 spiro atoms. The van der Waals surface area contributed by atoms with Crippen molar-refractivity contribution in [1.82, 2.24) is 5.32 Å². The molecule has 1 heterocycles. The molecule has 0 saturated heterocycles. The maximum Gasteiger partial charge on any atom is 0.117 e. The molecule has 1 aromatic rings. The molecule has 1 aromatic heterocycles. The predicted molar refractivity (Wildman–Crippen MR) is 46.7 cm³/mol. The third-order valence-electron chi connectivity index (χ3n) is 1.62. The van der Waals surface area contributed by atoms with Crippen molar-refractivity contribution < 1.29 is 9.52 Å². The summed E-state index contributed by atoms with van der Waals surface area (Å²) in [6.07, 6.45) is 2.21. The van der Waals surface area contributed by atoms with Crippen LogP contribution in [0.25, 0.3) is 0 Å². The van der Waals surface area contributed by atoms with E-state index in [4.69, 9.17) is 9.52 Å². The Hall–Kier alpha value is -0.800. The van der Waals surface area contributed by atoms with Gasteiger partial charge >= 0.3 is 0 Å². The highest BCUT2D eigenvalue weighted by Crippen LogP contribution is 1.98. The fourth-order valence-corrected chi connectivity index (χ4v) is 0.936. The molecule has 0 saturated carbocycles. The Morgan fingerprint density at radius 1 is 1.67 bits per heavy atom. The summed E-state index contributed by atoms with van der Waals surface area (Å²) in [5.41, 5.74) is 0. The lowest BCUT2D eigenvalue weighted by Crippen LogP contribution is -2.18. The minimum atomic E-state index is -0.228. The van der Waals surface area contributed by atoms with Crippen molar-refractivity contribution in [3.05, 3.63) is 24.2 Å². The van der Waals surface area contributed by atoms with Gasteiger partial charge in [0.05, 0.1) is 18.9 Å². The Labute approximate surface area is 72.4 Å². The summed E-state index contributed by atoms with van der Waals surface area (Å²) in [5, 5.41) is 12.1. The number of furan rings is 1. The van der Waals surface area contributed by atoms with Gasteiger partial charge in [-0.2, -0.15) is 0 Å². The van der Waals surface area contributed by atoms with E-state index in [-0.39, 0.29) is 6.10 Å². The highest BCUT2D eigenvalue weighted by atomic mass is 16.3. The van der Waals surface area contributed by atoms with Crippen LogP contribution in [0.4, 0.5) is 0 Å². The molecule has 0 bridgehead atoms. The molecule has 0 aliphatic carbocycles. The number of rotatable bonds is 5. The van der Waals surface area contributed by atoms with E-state index in [1.807, 2.05) is 12.1 Å². The molecular formula is C9H15NO2. The van der Waals surface area contributed by atoms with Gasteiger partial charge in [-0.1, -0.05) is 0 Å². The molecule has 12 heavy (non-hydrogen) atoms. The average Bonchev–Trinajstić information content (AvgIpc) is 2.49. The quantitative estimate of drug-likeness (QED) is 0.650. The lowest BCUT2D eigenvalue weighted by atomic mass is 10.3. The van der Waals surface area contributed by atoms with Crippen LogP contribution in [0.5, 0.6) is 0 Å². The van der Waals surface area contributed by atoms with E-state index in [2.05, 4.69) is 5.32 Å². The summed E-state index contributed by atoms with van der Waals surface area (Å²) in [4.78, 5) is 0. The smallest absolute Gasteiger partial charge is 0.117 e. The average molecular weight is 169 g/mol. The summed E-state index contributed by atoms with van der Waals surface area (Å²) >= 11 is 0. The number of hydrogen-bond acceptors (Lipinski definition) is 3. The molecule has 68 valence electrons. The van der Waals surface area contributed by atoms with Crippen molar-refractivity contribution in [2.45, 2.75) is 26.0 Å². The van der Waals surface area contributed by atoms with Gasteiger partial charge in [0.1, 0.15) is 5.76 Å². The Balaban J connectivity index is 2.04. The van der Waals surface area contributed by atoms with Crippen LogP contribution in [0.2, 0.25) is 0 Å². The summed E-state index contributed by atoms with van der Waals surface area (Å²) in [6.45, 7) is 3.34. The Bertz CT molecular complexity index is 194. The second kappa shape index (κ2) is 4.95. The number of nitrogens with one attached hydrogen (secondary N) is 1. The van der Waals surface area contributed by atoms with Crippen LogP contribution in [-0.4, -0.2) is 17.8 Å². The van der Waals surface area contributed by atoms with Gasteiger partial charge < -0.3 is 14.8 Å². The third-order valence-corrected chi connectivity index (χ3v) is 1.62. The molecule has 3 heteroatoms. The second-order valence-electron chi connectivity index (χ2n) is 2.89. The first kappa shape index (κ1) is 9.29. The van der Waals surface area contributed by atoms with E-state index < -0.39 is 0 Å². The zero-order chi connectivity index (χ0) is 8.81. The predicted octanol–water partition coefficient (Wildman–Crippen LogP) is 1.14. The molecule has 1 rings (SSSR count). The minimum absolute atomic E-state index is 0.228. The highest BCUT2D eigenvalue weighted by Gasteiger charge is 1.96. The van der Waals surface area contributed by atoms with Crippen LogP contribution in [0.3, 0.4) is 0 Å². The maximum absolute atomic E-state index is 8.95. The van der Waals surface area contributed by atoms with Gasteiger partial charge in [-0.25, -0.2) is 0 Å². The van der Waals surface area contributed by atoms with E-state index >= 15 is 0 Å². The summed E-state index contributed by atoms with van der Waals surface area (Å²) in [7, 11) is 0. The van der Waals surface area contributed by atoms with Gasteiger partial charge in [-0.15, -0.1) is 0 Å². The van der Waals surface area contributed by atoms with Gasteiger partial charge in [-0.3, -0.25) is 0 Å². The second-order valence-corrected chi connectivity index (χ2v) is 2.89. The van der Waals surface area contributed by atoms with E-state index in [0.717, 1.165) is 25.3 Å². The van der Waals surface area contributed by atoms with Crippen molar-refractivity contribution in [2.24, 2.45) is 0 Å². The number of aliphatic hydroxyl groups is 1. The highest BCUT2D eigenvalue weighted by molar-refractivity contribution is 4.97. The lowest BCUT2D eigenvalue weighted by Gasteiger charge is -2.04. The van der Waals surface area contributed by atoms with E-state index in [1.54, 1.807) is 13.2 Å². The molecule has 0 amide bonds. The van der Waals surface area contributed by atoms with Gasteiger partial charge in [-0.05, 0) is 32.0 Å². The van der Waals surface area contributed by atoms with Crippen LogP contribution in [0.15, 0.2) is 22.8 Å². The number of hydrogen-bond donors (Lipinski definition) is 2. The molecular weight excluding hydrogens is 154 g/mol. The Kier molecular flexibility index (Phi) is 3.84. The topological polar surface area (TPSA) is 45.4 Å². The zero-order valence-corrected chi connectivity index (χ0v) is 7.29. The van der Waals surface area contributed by atoms with Gasteiger partial charge in [0.25, 0.3) is 0 Å². The van der Waals surface area contributed by atoms with Crippen molar-refractivity contribution in [3.63, 3.8) is 0 Å². The minimum Gasteiger partial charge on any atom is -0.468 e. The van der Waals surface area contributed by atoms with E-state index in [0.29, 0.717) is 0 Å². The van der Waals surface area contributed by atoms with Crippen molar-refractivity contribution in [1.29, 1.82) is 0 Å². The molecule has 0 aromatic carbocycles. The largest absolute Gasteiger partial charge is 0.468 e. The molecule has 2 N–H and O–H groups in total. The lowest BCUT2D eigenvalue weighted by molar-refractivity contribution is 0.183. The van der Waals surface area contributed by atoms with Crippen molar-refractivity contribution in [2.75, 3.05) is 6.54 Å². The van der Waals surface area contributed by atoms with Gasteiger partial charge in [0.15, 0.2) is 0 Å². The molecule has 0 aliphatic rings. The standard InChI is InChI=1S/C9H15NO2/c1-8(11)4-5-10-7-9-3-2-6-12-9/h2-3,6,8,10-11H,4-5,7H2,1H3/t8-/m0/s1. The van der Waals surface area contributed by atoms with Crippen molar-refractivity contribution in [3.8, 4) is 0 Å². The first-order valence-electron chi connectivity index (χ1n) is 4.20. The molecule has 3 nitrogen and oxygen atoms in total. The van der Waals surface area contributed by atoms with E-state index in [1.165, 1.54) is 0 Å². The van der Waals surface area contributed by atoms with Crippen LogP contribution in [0.1, 0.15) is 19.1 Å². The summed E-state index contributed by atoms with van der Waals surface area (Å²) in [5.74, 6) is 0.931. The van der Waals surface area contributed by atoms with Crippen LogP contribution in [-0.2, 0) is 6.54 Å². The Morgan fingerprint density at radius 3 is 3.08 bits per heavy atom. The Morgan fingerprint density at radius 2 is 2.50 bits per heavy atom. The molecule has 0 unspecified atom stereocenters. The SMILES string of the molecule is C[C@H](O)CCNCc1ccco1. The molecule has 0 aliphatic heterocycles. The van der Waals surface area contributed by atoms with E-state index in [9.17, 15) is 0 Å². The third kappa shape index (κ3) is 3.55. The molecule has 0 fully saturated rings. The molecule has 1 atom stereocenters. The summed E-state index contributed by atoms with van der Waals surface area (Å²) in [6, 6.07) is 3.79. The van der Waals surface area contributed by atoms with Gasteiger partial charge in [0, 0.05) is 0 Å². The monoisotopic (exact) mass is 169 g/mol. The summed E-state index contributed by atoms with van der Waals surface area (Å²) < 4.78 is 5.12. The van der Waals surface area contributed by atoms with Crippen LogP contribution >= 0.6 is 0 Å². The fourth-order valence-electron chi connectivity index (χ4n) is 0.936. The zero-order valence-electron chi connectivity index (χ0n) is 7.29.